The van der Waals surface area contributed by atoms with Gasteiger partial charge in [-0.15, -0.1) is 8.80 Å². The largest absolute Gasteiger partial charge is 0.380 e. The summed E-state index contributed by atoms with van der Waals surface area (Å²) in [6.07, 6.45) is 3.98. The van der Waals surface area contributed by atoms with Crippen LogP contribution in [-0.2, 0) is 29.1 Å². The van der Waals surface area contributed by atoms with Crippen LogP contribution in [0.3, 0.4) is 0 Å². The van der Waals surface area contributed by atoms with Gasteiger partial charge in [-0.1, -0.05) is 30.7 Å². The summed E-state index contributed by atoms with van der Waals surface area (Å²) in [6, 6.07) is 8.58. The molecule has 3 N–H and O–H groups in total. The van der Waals surface area contributed by atoms with Crippen LogP contribution in [0.15, 0.2) is 33.1 Å². The maximum absolute atomic E-state index is 11.1. The van der Waals surface area contributed by atoms with Crippen molar-refractivity contribution in [2.45, 2.75) is 32.4 Å². The molecule has 0 bridgehead atoms. The fourth-order valence-corrected chi connectivity index (χ4v) is 3.63. The fourth-order valence-electron chi connectivity index (χ4n) is 3.02. The van der Waals surface area contributed by atoms with Gasteiger partial charge in [0.05, 0.1) is 13.2 Å². The number of amidine groups is 2. The molecule has 1 saturated heterocycles. The van der Waals surface area contributed by atoms with E-state index in [0.717, 1.165) is 6.54 Å². The summed E-state index contributed by atoms with van der Waals surface area (Å²) in [4.78, 5) is 2.52. The molecular weight excluding hydrogens is 338 g/mol. The molecule has 2 aliphatic rings. The van der Waals surface area contributed by atoms with E-state index < -0.39 is 11.2 Å². The van der Waals surface area contributed by atoms with Crippen molar-refractivity contribution in [1.29, 1.82) is 0 Å². The molecule has 0 aromatic heterocycles. The number of piperidine rings is 1. The molecule has 1 atom stereocenters. The van der Waals surface area contributed by atoms with Gasteiger partial charge in [-0.25, -0.2) is 4.21 Å². The van der Waals surface area contributed by atoms with Gasteiger partial charge in [-0.2, -0.15) is 0 Å². The summed E-state index contributed by atoms with van der Waals surface area (Å²) in [5.74, 6) is 0.564. The highest BCUT2D eigenvalue weighted by molar-refractivity contribution is 7.83. The zero-order valence-electron chi connectivity index (χ0n) is 14.3. The van der Waals surface area contributed by atoms with Crippen molar-refractivity contribution in [3.8, 4) is 0 Å². The molecule has 1 unspecified atom stereocenters. The monoisotopic (exact) mass is 363 g/mol. The van der Waals surface area contributed by atoms with E-state index in [1.807, 2.05) is 0 Å². The van der Waals surface area contributed by atoms with Crippen molar-refractivity contribution in [2.75, 3.05) is 26.2 Å². The van der Waals surface area contributed by atoms with E-state index in [0.29, 0.717) is 25.6 Å². The summed E-state index contributed by atoms with van der Waals surface area (Å²) in [6.45, 7) is 5.04. The van der Waals surface area contributed by atoms with Crippen molar-refractivity contribution in [2.24, 2.45) is 14.5 Å². The van der Waals surface area contributed by atoms with Gasteiger partial charge in [0.1, 0.15) is 0 Å². The number of nitrogens with zero attached hydrogens (tertiary/aromatic N) is 3. The van der Waals surface area contributed by atoms with Crippen LogP contribution in [-0.4, -0.2) is 47.0 Å². The van der Waals surface area contributed by atoms with Crippen molar-refractivity contribution in [3.63, 3.8) is 0 Å². The number of nitrogens with two attached hydrogens (primary N) is 1. The van der Waals surface area contributed by atoms with E-state index in [9.17, 15) is 4.21 Å². The second-order valence-corrected chi connectivity index (χ2v) is 7.11. The third kappa shape index (κ3) is 5.62. The predicted octanol–water partition coefficient (Wildman–Crippen LogP) is 1.13. The topological polar surface area (TPSA) is 92.3 Å². The minimum atomic E-state index is -1.58. The molecular formula is C17H25N5O2S. The van der Waals surface area contributed by atoms with Gasteiger partial charge < -0.3 is 15.8 Å². The van der Waals surface area contributed by atoms with Gasteiger partial charge in [0, 0.05) is 13.1 Å². The zero-order chi connectivity index (χ0) is 17.5. The molecule has 0 radical (unpaired) electrons. The molecule has 0 spiro atoms. The molecule has 3 rings (SSSR count). The average Bonchev–Trinajstić information content (AvgIpc) is 2.93. The third-order valence-electron chi connectivity index (χ3n) is 4.24. The lowest BCUT2D eigenvalue weighted by Gasteiger charge is -2.26. The van der Waals surface area contributed by atoms with Crippen LogP contribution in [0.4, 0.5) is 0 Å². The Morgan fingerprint density at radius 1 is 1.20 bits per heavy atom. The predicted molar refractivity (Wildman–Crippen MR) is 100 cm³/mol. The van der Waals surface area contributed by atoms with E-state index in [2.05, 4.69) is 43.3 Å². The molecule has 1 aromatic carbocycles. The van der Waals surface area contributed by atoms with Crippen molar-refractivity contribution in [3.05, 3.63) is 35.4 Å². The summed E-state index contributed by atoms with van der Waals surface area (Å²) in [5.41, 5.74) is 8.10. The van der Waals surface area contributed by atoms with E-state index in [4.69, 9.17) is 10.5 Å². The highest BCUT2D eigenvalue weighted by Gasteiger charge is 2.14. The lowest BCUT2D eigenvalue weighted by Crippen LogP contribution is -2.36. The second kappa shape index (κ2) is 9.07. The van der Waals surface area contributed by atoms with Crippen LogP contribution in [0.5, 0.6) is 0 Å². The molecule has 0 aliphatic carbocycles. The number of rotatable bonds is 7. The van der Waals surface area contributed by atoms with E-state index in [-0.39, 0.29) is 5.84 Å². The first-order chi connectivity index (χ1) is 12.2. The number of likely N-dealkylation sites (tertiary alicyclic amines) is 1. The van der Waals surface area contributed by atoms with Gasteiger partial charge in [-0.3, -0.25) is 4.90 Å². The van der Waals surface area contributed by atoms with E-state index >= 15 is 0 Å². The minimum Gasteiger partial charge on any atom is -0.380 e. The molecule has 136 valence electrons. The van der Waals surface area contributed by atoms with Crippen LogP contribution in [0.1, 0.15) is 30.4 Å². The average molecular weight is 363 g/mol. The molecule has 0 saturated carbocycles. The smallest absolute Gasteiger partial charge is 0.269 e. The number of benzene rings is 1. The van der Waals surface area contributed by atoms with Crippen LogP contribution < -0.4 is 11.1 Å². The highest BCUT2D eigenvalue weighted by atomic mass is 32.2. The van der Waals surface area contributed by atoms with Gasteiger partial charge in [0.25, 0.3) is 11.2 Å². The Morgan fingerprint density at radius 2 is 2.00 bits per heavy atom. The molecule has 2 aliphatic heterocycles. The van der Waals surface area contributed by atoms with E-state index in [1.54, 1.807) is 0 Å². The summed E-state index contributed by atoms with van der Waals surface area (Å²) < 4.78 is 24.2. The molecule has 25 heavy (non-hydrogen) atoms. The molecule has 1 fully saturated rings. The number of nitrogens with one attached hydrogen (secondary N) is 1. The van der Waals surface area contributed by atoms with Crippen molar-refractivity contribution < 1.29 is 8.95 Å². The van der Waals surface area contributed by atoms with Gasteiger partial charge in [0.2, 0.25) is 0 Å². The second-order valence-electron chi connectivity index (χ2n) is 6.28. The fraction of sp³-hybridized carbons (Fsp3) is 0.529. The zero-order valence-corrected chi connectivity index (χ0v) is 15.1. The van der Waals surface area contributed by atoms with Crippen LogP contribution in [0.25, 0.3) is 0 Å². The Bertz CT molecular complexity index is 671. The molecule has 1 aromatic rings. The van der Waals surface area contributed by atoms with Gasteiger partial charge in [-0.05, 0) is 37.1 Å². The van der Waals surface area contributed by atoms with Gasteiger partial charge in [0.15, 0.2) is 11.7 Å². The molecule has 2 heterocycles. The van der Waals surface area contributed by atoms with Crippen molar-refractivity contribution >= 4 is 22.8 Å². The van der Waals surface area contributed by atoms with Crippen LogP contribution >= 0.6 is 0 Å². The Morgan fingerprint density at radius 3 is 2.76 bits per heavy atom. The summed E-state index contributed by atoms with van der Waals surface area (Å²) in [5, 5.41) is 2.98. The number of hydrogen-bond donors (Lipinski definition) is 2. The van der Waals surface area contributed by atoms with Gasteiger partial charge >= 0.3 is 0 Å². The lowest BCUT2D eigenvalue weighted by molar-refractivity contribution is 0.125. The number of ether oxygens (including phenoxy) is 1. The van der Waals surface area contributed by atoms with Crippen LogP contribution in [0.2, 0.25) is 0 Å². The summed E-state index contributed by atoms with van der Waals surface area (Å²) >= 11 is -1.58. The maximum Gasteiger partial charge on any atom is 0.269 e. The highest BCUT2D eigenvalue weighted by Crippen LogP contribution is 2.14. The van der Waals surface area contributed by atoms with Crippen LogP contribution in [0, 0.1) is 0 Å². The van der Waals surface area contributed by atoms with E-state index in [1.165, 1.54) is 43.5 Å². The number of hydrogen-bond acceptors (Lipinski definition) is 5. The SMILES string of the molecule is NC1=NS(=O)N=C1NCCOCc1cccc(CN2CCCCC2)c1. The summed E-state index contributed by atoms with van der Waals surface area (Å²) in [7, 11) is 0. The molecule has 7 nitrogen and oxygen atoms in total. The third-order valence-corrected chi connectivity index (χ3v) is 4.93. The molecule has 0 amide bonds. The maximum atomic E-state index is 11.1. The Kier molecular flexibility index (Phi) is 6.55. The first-order valence-electron chi connectivity index (χ1n) is 8.68. The quantitative estimate of drug-likeness (QED) is 0.709. The standard InChI is InChI=1S/C17H25N5O2S/c18-16-17(21-25(23)20-16)19-7-10-24-13-15-6-4-5-14(11-15)12-22-8-2-1-3-9-22/h4-6,11H,1-3,7-10,12-13H2,(H2,18,20)(H,19,21). The Hall–Kier alpha value is -1.77. The first-order valence-corrected chi connectivity index (χ1v) is 9.74. The Labute approximate surface area is 151 Å². The minimum absolute atomic E-state index is 0.184. The first kappa shape index (κ1) is 18.0. The van der Waals surface area contributed by atoms with Crippen molar-refractivity contribution in [1.82, 2.24) is 10.2 Å². The lowest BCUT2D eigenvalue weighted by atomic mass is 10.1. The molecule has 8 heteroatoms. The normalized spacial score (nSPS) is 21.0. The Balaban J connectivity index is 1.38.